The SMILES string of the molecule is CCn1nccc1CN(C)C(=O)c1ccc(COc2ccc(Cl)c(C)c2)o1. The maximum Gasteiger partial charge on any atom is 0.289 e. The van der Waals surface area contributed by atoms with E-state index in [9.17, 15) is 4.79 Å². The second-order valence-corrected chi connectivity index (χ2v) is 6.67. The Bertz CT molecular complexity index is 932. The molecule has 0 aliphatic carbocycles. The first-order valence-corrected chi connectivity index (χ1v) is 9.09. The zero-order valence-electron chi connectivity index (χ0n) is 15.6. The van der Waals surface area contributed by atoms with Crippen molar-refractivity contribution in [1.82, 2.24) is 14.7 Å². The van der Waals surface area contributed by atoms with E-state index in [1.54, 1.807) is 42.4 Å². The fourth-order valence-electron chi connectivity index (χ4n) is 2.71. The molecule has 0 spiro atoms. The van der Waals surface area contributed by atoms with Crippen LogP contribution < -0.4 is 4.74 Å². The molecule has 0 fully saturated rings. The summed E-state index contributed by atoms with van der Waals surface area (Å²) in [6.45, 7) is 5.39. The molecule has 0 unspecified atom stereocenters. The van der Waals surface area contributed by atoms with Gasteiger partial charge < -0.3 is 14.1 Å². The van der Waals surface area contributed by atoms with E-state index in [0.717, 1.165) is 17.8 Å². The van der Waals surface area contributed by atoms with Gasteiger partial charge >= 0.3 is 0 Å². The second-order valence-electron chi connectivity index (χ2n) is 6.27. The van der Waals surface area contributed by atoms with Gasteiger partial charge in [0.2, 0.25) is 0 Å². The Morgan fingerprint density at radius 1 is 1.30 bits per heavy atom. The van der Waals surface area contributed by atoms with Crippen molar-refractivity contribution in [3.63, 3.8) is 0 Å². The lowest BCUT2D eigenvalue weighted by molar-refractivity contribution is 0.0745. The van der Waals surface area contributed by atoms with Gasteiger partial charge in [-0.2, -0.15) is 5.10 Å². The van der Waals surface area contributed by atoms with Crippen LogP contribution in [0.3, 0.4) is 0 Å². The predicted octanol–water partition coefficient (Wildman–Crippen LogP) is 4.31. The van der Waals surface area contributed by atoms with E-state index in [0.29, 0.717) is 23.1 Å². The van der Waals surface area contributed by atoms with Crippen molar-refractivity contribution in [1.29, 1.82) is 0 Å². The van der Waals surface area contributed by atoms with Gasteiger partial charge in [-0.3, -0.25) is 9.48 Å². The number of aromatic nitrogens is 2. The number of nitrogens with zero attached hydrogens (tertiary/aromatic N) is 3. The number of furan rings is 1. The largest absolute Gasteiger partial charge is 0.486 e. The van der Waals surface area contributed by atoms with Crippen molar-refractivity contribution in [2.24, 2.45) is 0 Å². The third-order valence-electron chi connectivity index (χ3n) is 4.23. The molecule has 3 rings (SSSR count). The Morgan fingerprint density at radius 2 is 2.11 bits per heavy atom. The molecule has 0 radical (unpaired) electrons. The number of rotatable bonds is 7. The van der Waals surface area contributed by atoms with Gasteiger partial charge in [0.15, 0.2) is 5.76 Å². The van der Waals surface area contributed by atoms with Crippen LogP contribution in [0, 0.1) is 6.92 Å². The monoisotopic (exact) mass is 387 g/mol. The number of carbonyl (C=O) groups is 1. The molecular formula is C20H22ClN3O3. The minimum absolute atomic E-state index is 0.188. The molecule has 7 heteroatoms. The summed E-state index contributed by atoms with van der Waals surface area (Å²) in [4.78, 5) is 14.2. The van der Waals surface area contributed by atoms with E-state index in [1.165, 1.54) is 0 Å². The third-order valence-corrected chi connectivity index (χ3v) is 4.66. The number of ether oxygens (including phenoxy) is 1. The van der Waals surface area contributed by atoms with Crippen LogP contribution >= 0.6 is 11.6 Å². The van der Waals surface area contributed by atoms with Gasteiger partial charge in [0.25, 0.3) is 5.91 Å². The molecule has 1 aromatic carbocycles. The molecule has 142 valence electrons. The standard InChI is InChI=1S/C20H22ClN3O3/c1-4-24-15(9-10-22-24)12-23(3)20(25)19-8-6-17(27-19)13-26-16-5-7-18(21)14(2)11-16/h5-11H,4,12-13H2,1-3H3. The quantitative estimate of drug-likeness (QED) is 0.606. The fraction of sp³-hybridized carbons (Fsp3) is 0.300. The van der Waals surface area contributed by atoms with Crippen molar-refractivity contribution in [2.75, 3.05) is 7.05 Å². The summed E-state index contributed by atoms with van der Waals surface area (Å²) in [7, 11) is 1.74. The van der Waals surface area contributed by atoms with Crippen LogP contribution in [-0.2, 0) is 19.7 Å². The normalized spacial score (nSPS) is 10.8. The van der Waals surface area contributed by atoms with Crippen LogP contribution in [0.2, 0.25) is 5.02 Å². The van der Waals surface area contributed by atoms with E-state index in [-0.39, 0.29) is 18.3 Å². The summed E-state index contributed by atoms with van der Waals surface area (Å²) in [5.74, 6) is 1.38. The highest BCUT2D eigenvalue weighted by Crippen LogP contribution is 2.22. The summed E-state index contributed by atoms with van der Waals surface area (Å²) < 4.78 is 13.2. The Balaban J connectivity index is 1.60. The number of amides is 1. The van der Waals surface area contributed by atoms with E-state index in [1.807, 2.05) is 30.7 Å². The molecule has 0 aliphatic heterocycles. The molecule has 6 nitrogen and oxygen atoms in total. The van der Waals surface area contributed by atoms with Gasteiger partial charge in [0, 0.05) is 24.8 Å². The molecule has 0 saturated carbocycles. The highest BCUT2D eigenvalue weighted by Gasteiger charge is 2.18. The minimum atomic E-state index is -0.188. The number of aryl methyl sites for hydroxylation is 2. The van der Waals surface area contributed by atoms with Crippen molar-refractivity contribution in [3.8, 4) is 5.75 Å². The second kappa shape index (κ2) is 8.31. The van der Waals surface area contributed by atoms with Crippen molar-refractivity contribution in [2.45, 2.75) is 33.5 Å². The number of carbonyl (C=O) groups excluding carboxylic acids is 1. The van der Waals surface area contributed by atoms with Crippen LogP contribution in [0.5, 0.6) is 5.75 Å². The molecule has 0 saturated heterocycles. The van der Waals surface area contributed by atoms with Crippen LogP contribution in [0.4, 0.5) is 0 Å². The van der Waals surface area contributed by atoms with Crippen molar-refractivity contribution >= 4 is 17.5 Å². The van der Waals surface area contributed by atoms with Gasteiger partial charge in [-0.05, 0) is 55.8 Å². The topological polar surface area (TPSA) is 60.5 Å². The van der Waals surface area contributed by atoms with Gasteiger partial charge in [-0.25, -0.2) is 0 Å². The van der Waals surface area contributed by atoms with E-state index >= 15 is 0 Å². The molecule has 0 N–H and O–H groups in total. The third kappa shape index (κ3) is 4.52. The molecule has 3 aromatic rings. The smallest absolute Gasteiger partial charge is 0.289 e. The van der Waals surface area contributed by atoms with Crippen molar-refractivity contribution in [3.05, 3.63) is 70.4 Å². The summed E-state index contributed by atoms with van der Waals surface area (Å²) in [5.41, 5.74) is 1.92. The summed E-state index contributed by atoms with van der Waals surface area (Å²) >= 11 is 6.01. The van der Waals surface area contributed by atoms with Crippen molar-refractivity contribution < 1.29 is 13.9 Å². The Kier molecular flexibility index (Phi) is 5.86. The van der Waals surface area contributed by atoms with Gasteiger partial charge in [-0.1, -0.05) is 11.6 Å². The predicted molar refractivity (Wildman–Crippen MR) is 103 cm³/mol. The lowest BCUT2D eigenvalue weighted by Crippen LogP contribution is -2.27. The Hall–Kier alpha value is -2.73. The molecule has 0 aliphatic rings. The van der Waals surface area contributed by atoms with Crippen LogP contribution in [-0.4, -0.2) is 27.6 Å². The lowest BCUT2D eigenvalue weighted by Gasteiger charge is -2.16. The Morgan fingerprint density at radius 3 is 2.85 bits per heavy atom. The molecule has 2 heterocycles. The maximum atomic E-state index is 12.6. The maximum absolute atomic E-state index is 12.6. The molecule has 2 aromatic heterocycles. The van der Waals surface area contributed by atoms with Crippen LogP contribution in [0.15, 0.2) is 47.0 Å². The average Bonchev–Trinajstić information content (AvgIpc) is 3.31. The van der Waals surface area contributed by atoms with Gasteiger partial charge in [-0.15, -0.1) is 0 Å². The molecule has 1 amide bonds. The first kappa shape index (κ1) is 19.0. The van der Waals surface area contributed by atoms with Gasteiger partial charge in [0.05, 0.1) is 12.2 Å². The van der Waals surface area contributed by atoms with E-state index in [2.05, 4.69) is 5.10 Å². The summed E-state index contributed by atoms with van der Waals surface area (Å²) in [6.07, 6.45) is 1.73. The van der Waals surface area contributed by atoms with Crippen LogP contribution in [0.25, 0.3) is 0 Å². The molecule has 0 atom stereocenters. The highest BCUT2D eigenvalue weighted by atomic mass is 35.5. The number of hydrogen-bond acceptors (Lipinski definition) is 4. The summed E-state index contributed by atoms with van der Waals surface area (Å²) in [6, 6.07) is 10.8. The average molecular weight is 388 g/mol. The minimum Gasteiger partial charge on any atom is -0.486 e. The molecular weight excluding hydrogens is 366 g/mol. The lowest BCUT2D eigenvalue weighted by atomic mass is 10.2. The van der Waals surface area contributed by atoms with E-state index < -0.39 is 0 Å². The highest BCUT2D eigenvalue weighted by molar-refractivity contribution is 6.31. The van der Waals surface area contributed by atoms with Gasteiger partial charge in [0.1, 0.15) is 18.1 Å². The van der Waals surface area contributed by atoms with E-state index in [4.69, 9.17) is 20.8 Å². The molecule has 27 heavy (non-hydrogen) atoms. The first-order chi connectivity index (χ1) is 13.0. The number of hydrogen-bond donors (Lipinski definition) is 0. The first-order valence-electron chi connectivity index (χ1n) is 8.71. The zero-order chi connectivity index (χ0) is 19.4. The number of halogens is 1. The van der Waals surface area contributed by atoms with Crippen LogP contribution in [0.1, 0.15) is 34.5 Å². The zero-order valence-corrected chi connectivity index (χ0v) is 16.4. The molecule has 0 bridgehead atoms. The Labute approximate surface area is 163 Å². The number of benzene rings is 1. The summed E-state index contributed by atoms with van der Waals surface area (Å²) in [5, 5.41) is 4.91. The fourth-order valence-corrected chi connectivity index (χ4v) is 2.83.